The molecular formula is C15H15N7O. The minimum absolute atomic E-state index is 0.206. The quantitative estimate of drug-likeness (QED) is 0.572. The first-order chi connectivity index (χ1) is 11.1. The van der Waals surface area contributed by atoms with Crippen molar-refractivity contribution in [3.05, 3.63) is 53.9 Å². The van der Waals surface area contributed by atoms with Crippen molar-refractivity contribution in [1.82, 2.24) is 20.2 Å². The normalized spacial score (nSPS) is 10.3. The predicted octanol–water partition coefficient (Wildman–Crippen LogP) is 2.09. The molecule has 0 saturated carbocycles. The maximum Gasteiger partial charge on any atom is 0.254 e. The number of carbonyl (C=O) groups is 1. The predicted molar refractivity (Wildman–Crippen MR) is 86.9 cm³/mol. The van der Waals surface area contributed by atoms with E-state index in [-0.39, 0.29) is 5.56 Å². The molecule has 3 aromatic rings. The number of nitrogens with one attached hydrogen (secondary N) is 3. The molecule has 0 bridgehead atoms. The van der Waals surface area contributed by atoms with Crippen LogP contribution in [0.3, 0.4) is 0 Å². The van der Waals surface area contributed by atoms with Crippen LogP contribution in [-0.4, -0.2) is 26.1 Å². The van der Waals surface area contributed by atoms with Crippen LogP contribution in [0, 0.1) is 6.92 Å². The van der Waals surface area contributed by atoms with E-state index in [0.29, 0.717) is 17.6 Å². The average Bonchev–Trinajstić information content (AvgIpc) is 2.93. The number of H-pyrrole nitrogens is 1. The first kappa shape index (κ1) is 14.5. The van der Waals surface area contributed by atoms with Crippen LogP contribution in [0.2, 0.25) is 0 Å². The van der Waals surface area contributed by atoms with Crippen LogP contribution in [0.25, 0.3) is 0 Å². The second kappa shape index (κ2) is 6.14. The molecule has 0 fully saturated rings. The van der Waals surface area contributed by atoms with Crippen LogP contribution in [0.15, 0.2) is 42.6 Å². The number of aryl methyl sites for hydroxylation is 1. The number of aromatic nitrogens is 4. The summed E-state index contributed by atoms with van der Waals surface area (Å²) in [5, 5.41) is 12.9. The topological polar surface area (TPSA) is 122 Å². The first-order valence-corrected chi connectivity index (χ1v) is 6.90. The van der Waals surface area contributed by atoms with Gasteiger partial charge in [0.1, 0.15) is 11.4 Å². The van der Waals surface area contributed by atoms with Crippen molar-refractivity contribution in [2.75, 3.05) is 10.6 Å². The highest BCUT2D eigenvalue weighted by Crippen LogP contribution is 2.20. The van der Waals surface area contributed by atoms with Crippen LogP contribution in [0.5, 0.6) is 0 Å². The van der Waals surface area contributed by atoms with Crippen molar-refractivity contribution in [3.8, 4) is 0 Å². The zero-order valence-corrected chi connectivity index (χ0v) is 12.4. The molecule has 1 aromatic carbocycles. The Balaban J connectivity index is 1.91. The smallest absolute Gasteiger partial charge is 0.254 e. The number of primary amides is 1. The van der Waals surface area contributed by atoms with Gasteiger partial charge in [0.15, 0.2) is 5.82 Å². The van der Waals surface area contributed by atoms with Gasteiger partial charge in [-0.3, -0.25) is 9.89 Å². The fourth-order valence-corrected chi connectivity index (χ4v) is 1.97. The fraction of sp³-hybridized carbons (Fsp3) is 0.0667. The van der Waals surface area contributed by atoms with Crippen LogP contribution >= 0.6 is 0 Å². The summed E-state index contributed by atoms with van der Waals surface area (Å²) in [5.41, 5.74) is 7.28. The third kappa shape index (κ3) is 3.43. The number of nitrogens with zero attached hydrogens (tertiary/aromatic N) is 3. The van der Waals surface area contributed by atoms with E-state index < -0.39 is 5.91 Å². The summed E-state index contributed by atoms with van der Waals surface area (Å²) in [6.07, 6.45) is 1.38. The molecule has 2 aromatic heterocycles. The summed E-state index contributed by atoms with van der Waals surface area (Å²) >= 11 is 0. The van der Waals surface area contributed by atoms with Gasteiger partial charge in [-0.2, -0.15) is 10.1 Å². The summed E-state index contributed by atoms with van der Waals surface area (Å²) in [7, 11) is 0. The Labute approximate surface area is 132 Å². The van der Waals surface area contributed by atoms with Crippen molar-refractivity contribution in [3.63, 3.8) is 0 Å². The molecule has 1 amide bonds. The third-order valence-electron chi connectivity index (χ3n) is 3.04. The number of aromatic amines is 1. The Morgan fingerprint density at radius 3 is 2.65 bits per heavy atom. The molecule has 5 N–H and O–H groups in total. The van der Waals surface area contributed by atoms with E-state index in [1.165, 1.54) is 6.20 Å². The highest BCUT2D eigenvalue weighted by Gasteiger charge is 2.13. The van der Waals surface area contributed by atoms with E-state index in [2.05, 4.69) is 30.8 Å². The van der Waals surface area contributed by atoms with Gasteiger partial charge in [0.05, 0.1) is 0 Å². The van der Waals surface area contributed by atoms with Gasteiger partial charge in [-0.15, -0.1) is 0 Å². The number of carbonyl (C=O) groups excluding carboxylic acids is 1. The standard InChI is InChI=1S/C15H15N7O/c1-9-7-12(22-21-9)19-15-17-8-11(13(16)23)14(20-15)18-10-5-3-2-4-6-10/h2-8H,1H3,(H2,16,23)(H3,17,18,19,20,21,22). The molecule has 0 saturated heterocycles. The van der Waals surface area contributed by atoms with E-state index >= 15 is 0 Å². The molecule has 2 heterocycles. The molecule has 116 valence electrons. The van der Waals surface area contributed by atoms with E-state index in [0.717, 1.165) is 11.4 Å². The van der Waals surface area contributed by atoms with Crippen molar-refractivity contribution in [2.24, 2.45) is 5.73 Å². The second-order valence-corrected chi connectivity index (χ2v) is 4.87. The molecule has 0 aliphatic rings. The van der Waals surface area contributed by atoms with E-state index in [1.54, 1.807) is 0 Å². The number of hydrogen-bond acceptors (Lipinski definition) is 6. The van der Waals surface area contributed by atoms with Crippen LogP contribution in [0.1, 0.15) is 16.1 Å². The summed E-state index contributed by atoms with van der Waals surface area (Å²) < 4.78 is 0. The lowest BCUT2D eigenvalue weighted by molar-refractivity contribution is 0.100. The van der Waals surface area contributed by atoms with Crippen LogP contribution in [0.4, 0.5) is 23.3 Å². The first-order valence-electron chi connectivity index (χ1n) is 6.90. The minimum Gasteiger partial charge on any atom is -0.365 e. The number of hydrogen-bond donors (Lipinski definition) is 4. The number of amides is 1. The molecule has 0 aliphatic carbocycles. The zero-order chi connectivity index (χ0) is 16.2. The number of rotatable bonds is 5. The van der Waals surface area contributed by atoms with E-state index in [9.17, 15) is 4.79 Å². The number of anilines is 4. The van der Waals surface area contributed by atoms with Crippen molar-refractivity contribution in [1.29, 1.82) is 0 Å². The lowest BCUT2D eigenvalue weighted by atomic mass is 10.2. The highest BCUT2D eigenvalue weighted by atomic mass is 16.1. The Morgan fingerprint density at radius 1 is 1.22 bits per heavy atom. The summed E-state index contributed by atoms with van der Waals surface area (Å²) in [6.45, 7) is 1.89. The molecule has 0 radical (unpaired) electrons. The Kier molecular flexibility index (Phi) is 3.88. The van der Waals surface area contributed by atoms with Gasteiger partial charge in [-0.1, -0.05) is 18.2 Å². The summed E-state index contributed by atoms with van der Waals surface area (Å²) in [4.78, 5) is 19.9. The lowest BCUT2D eigenvalue weighted by Crippen LogP contribution is -2.15. The van der Waals surface area contributed by atoms with Gasteiger partial charge in [-0.25, -0.2) is 4.98 Å². The van der Waals surface area contributed by atoms with Gasteiger partial charge >= 0.3 is 0 Å². The summed E-state index contributed by atoms with van der Waals surface area (Å²) in [5.74, 6) is 0.610. The van der Waals surface area contributed by atoms with Gasteiger partial charge < -0.3 is 16.4 Å². The minimum atomic E-state index is -0.606. The number of para-hydroxylation sites is 1. The molecule has 23 heavy (non-hydrogen) atoms. The van der Waals surface area contributed by atoms with Crippen molar-refractivity contribution >= 4 is 29.2 Å². The zero-order valence-electron chi connectivity index (χ0n) is 12.4. The molecule has 3 rings (SSSR count). The van der Waals surface area contributed by atoms with E-state index in [4.69, 9.17) is 5.73 Å². The maximum absolute atomic E-state index is 11.5. The van der Waals surface area contributed by atoms with Crippen molar-refractivity contribution in [2.45, 2.75) is 6.92 Å². The number of nitrogens with two attached hydrogens (primary N) is 1. The molecule has 8 nitrogen and oxygen atoms in total. The van der Waals surface area contributed by atoms with Crippen LogP contribution < -0.4 is 16.4 Å². The van der Waals surface area contributed by atoms with Crippen molar-refractivity contribution < 1.29 is 4.79 Å². The third-order valence-corrected chi connectivity index (χ3v) is 3.04. The SMILES string of the molecule is Cc1cc(Nc2ncc(C(N)=O)c(Nc3ccccc3)n2)n[nH]1. The van der Waals surface area contributed by atoms with Gasteiger partial charge in [0.2, 0.25) is 5.95 Å². The molecule has 0 aliphatic heterocycles. The summed E-state index contributed by atoms with van der Waals surface area (Å²) in [6, 6.07) is 11.2. The monoisotopic (exact) mass is 309 g/mol. The lowest BCUT2D eigenvalue weighted by Gasteiger charge is -2.10. The fourth-order valence-electron chi connectivity index (χ4n) is 1.97. The molecule has 0 atom stereocenters. The molecular weight excluding hydrogens is 294 g/mol. The largest absolute Gasteiger partial charge is 0.365 e. The van der Waals surface area contributed by atoms with Gasteiger partial charge in [0, 0.05) is 23.6 Å². The molecule has 8 heteroatoms. The molecule has 0 spiro atoms. The van der Waals surface area contributed by atoms with E-state index in [1.807, 2.05) is 43.3 Å². The van der Waals surface area contributed by atoms with Crippen LogP contribution in [-0.2, 0) is 0 Å². The number of benzene rings is 1. The Bertz CT molecular complexity index is 829. The average molecular weight is 309 g/mol. The highest BCUT2D eigenvalue weighted by molar-refractivity contribution is 5.98. The second-order valence-electron chi connectivity index (χ2n) is 4.87. The Hall–Kier alpha value is -3.42. The van der Waals surface area contributed by atoms with Gasteiger partial charge in [0.25, 0.3) is 5.91 Å². The molecule has 0 unspecified atom stereocenters. The maximum atomic E-state index is 11.5. The van der Waals surface area contributed by atoms with Gasteiger partial charge in [-0.05, 0) is 19.1 Å². The Morgan fingerprint density at radius 2 is 2.00 bits per heavy atom.